The Labute approximate surface area is 156 Å². The number of para-hydroxylation sites is 1. The standard InChI is InChI=1S/C19H19N3OS2/c1-12-11-14(9-10-16(12)23-3)17-13(2)25-19(21-17)22-18(24)20-15-7-5-4-6-8-15/h4-11H,1-3H3,(H2,20,21,22,24). The van der Waals surface area contributed by atoms with E-state index >= 15 is 0 Å². The number of rotatable bonds is 4. The van der Waals surface area contributed by atoms with Crippen LogP contribution in [0.25, 0.3) is 11.3 Å². The highest BCUT2D eigenvalue weighted by atomic mass is 32.1. The normalized spacial score (nSPS) is 10.4. The monoisotopic (exact) mass is 369 g/mol. The summed E-state index contributed by atoms with van der Waals surface area (Å²) in [4.78, 5) is 5.83. The van der Waals surface area contributed by atoms with E-state index in [-0.39, 0.29) is 0 Å². The minimum atomic E-state index is 0.525. The van der Waals surface area contributed by atoms with E-state index in [9.17, 15) is 0 Å². The average Bonchev–Trinajstić information content (AvgIpc) is 2.95. The molecule has 1 heterocycles. The number of hydrogen-bond donors (Lipinski definition) is 2. The van der Waals surface area contributed by atoms with Gasteiger partial charge in [-0.3, -0.25) is 0 Å². The fraction of sp³-hybridized carbons (Fsp3) is 0.158. The molecule has 0 aliphatic rings. The number of thiazole rings is 1. The quantitative estimate of drug-likeness (QED) is 0.616. The van der Waals surface area contributed by atoms with Gasteiger partial charge in [-0.15, -0.1) is 11.3 Å². The van der Waals surface area contributed by atoms with Crippen molar-refractivity contribution in [2.45, 2.75) is 13.8 Å². The van der Waals surface area contributed by atoms with Crippen molar-refractivity contribution >= 4 is 39.5 Å². The van der Waals surface area contributed by atoms with Crippen LogP contribution in [0.5, 0.6) is 5.75 Å². The van der Waals surface area contributed by atoms with E-state index in [1.54, 1.807) is 18.4 Å². The van der Waals surface area contributed by atoms with Gasteiger partial charge in [0.1, 0.15) is 5.75 Å². The summed E-state index contributed by atoms with van der Waals surface area (Å²) in [6.45, 7) is 4.09. The number of nitrogens with zero attached hydrogens (tertiary/aromatic N) is 1. The molecule has 3 aromatic rings. The number of aromatic nitrogens is 1. The molecule has 0 saturated carbocycles. The molecule has 0 amide bonds. The highest BCUT2D eigenvalue weighted by Crippen LogP contribution is 2.32. The van der Waals surface area contributed by atoms with Gasteiger partial charge in [0.25, 0.3) is 0 Å². The van der Waals surface area contributed by atoms with Crippen LogP contribution in [0.1, 0.15) is 10.4 Å². The van der Waals surface area contributed by atoms with Gasteiger partial charge in [-0.2, -0.15) is 0 Å². The first kappa shape index (κ1) is 17.4. The third-order valence-corrected chi connectivity index (χ3v) is 4.81. The van der Waals surface area contributed by atoms with Crippen molar-refractivity contribution in [1.29, 1.82) is 0 Å². The lowest BCUT2D eigenvalue weighted by Crippen LogP contribution is -2.18. The van der Waals surface area contributed by atoms with Crippen LogP contribution in [0.2, 0.25) is 0 Å². The number of aryl methyl sites for hydroxylation is 2. The SMILES string of the molecule is COc1ccc(-c2nc(NC(=S)Nc3ccccc3)sc2C)cc1C. The highest BCUT2D eigenvalue weighted by molar-refractivity contribution is 7.80. The van der Waals surface area contributed by atoms with Gasteiger partial charge in [-0.1, -0.05) is 18.2 Å². The number of thiocarbonyl (C=S) groups is 1. The highest BCUT2D eigenvalue weighted by Gasteiger charge is 2.12. The minimum absolute atomic E-state index is 0.525. The predicted molar refractivity (Wildman–Crippen MR) is 110 cm³/mol. The van der Waals surface area contributed by atoms with Gasteiger partial charge in [0.15, 0.2) is 10.2 Å². The summed E-state index contributed by atoms with van der Waals surface area (Å²) in [5, 5.41) is 7.61. The van der Waals surface area contributed by atoms with Crippen molar-refractivity contribution in [3.63, 3.8) is 0 Å². The van der Waals surface area contributed by atoms with E-state index in [0.29, 0.717) is 5.11 Å². The van der Waals surface area contributed by atoms with Gasteiger partial charge < -0.3 is 15.4 Å². The van der Waals surface area contributed by atoms with Crippen LogP contribution in [0, 0.1) is 13.8 Å². The maximum Gasteiger partial charge on any atom is 0.189 e. The topological polar surface area (TPSA) is 46.2 Å². The second-order valence-corrected chi connectivity index (χ2v) is 7.16. The first-order valence-electron chi connectivity index (χ1n) is 7.82. The Morgan fingerprint density at radius 2 is 1.84 bits per heavy atom. The summed E-state index contributed by atoms with van der Waals surface area (Å²) in [6.07, 6.45) is 0. The number of ether oxygens (including phenoxy) is 1. The molecule has 3 rings (SSSR count). The molecule has 1 aromatic heterocycles. The number of hydrogen-bond acceptors (Lipinski definition) is 4. The fourth-order valence-electron chi connectivity index (χ4n) is 2.52. The predicted octanol–water partition coefficient (Wildman–Crippen LogP) is 5.24. The molecule has 0 aliphatic carbocycles. The van der Waals surface area contributed by atoms with Crippen molar-refractivity contribution in [2.75, 3.05) is 17.7 Å². The summed E-state index contributed by atoms with van der Waals surface area (Å²) in [5.41, 5.74) is 4.06. The van der Waals surface area contributed by atoms with Gasteiger partial charge in [0.05, 0.1) is 12.8 Å². The first-order chi connectivity index (χ1) is 12.1. The summed E-state index contributed by atoms with van der Waals surface area (Å²) < 4.78 is 5.32. The Morgan fingerprint density at radius 1 is 1.08 bits per heavy atom. The largest absolute Gasteiger partial charge is 0.496 e. The van der Waals surface area contributed by atoms with Crippen LogP contribution in [0.15, 0.2) is 48.5 Å². The molecule has 0 aliphatic heterocycles. The second kappa shape index (κ2) is 7.63. The van der Waals surface area contributed by atoms with Crippen molar-refractivity contribution in [3.05, 3.63) is 59.0 Å². The number of methoxy groups -OCH3 is 1. The Hall–Kier alpha value is -2.44. The van der Waals surface area contributed by atoms with Crippen molar-refractivity contribution in [2.24, 2.45) is 0 Å². The number of anilines is 2. The molecule has 0 saturated heterocycles. The molecule has 128 valence electrons. The van der Waals surface area contributed by atoms with Crippen LogP contribution >= 0.6 is 23.6 Å². The smallest absolute Gasteiger partial charge is 0.189 e. The first-order valence-corrected chi connectivity index (χ1v) is 9.05. The van der Waals surface area contributed by atoms with Crippen LogP contribution in [0.4, 0.5) is 10.8 Å². The van der Waals surface area contributed by atoms with E-state index in [0.717, 1.165) is 38.3 Å². The van der Waals surface area contributed by atoms with Crippen molar-refractivity contribution < 1.29 is 4.74 Å². The van der Waals surface area contributed by atoms with Crippen LogP contribution in [-0.4, -0.2) is 17.2 Å². The van der Waals surface area contributed by atoms with Gasteiger partial charge in [0.2, 0.25) is 0 Å². The summed E-state index contributed by atoms with van der Waals surface area (Å²) in [7, 11) is 1.68. The maximum absolute atomic E-state index is 5.37. The molecular formula is C19H19N3OS2. The number of nitrogens with one attached hydrogen (secondary N) is 2. The zero-order chi connectivity index (χ0) is 17.8. The van der Waals surface area contributed by atoms with E-state index in [4.69, 9.17) is 21.9 Å². The molecule has 0 unspecified atom stereocenters. The maximum atomic E-state index is 5.37. The Kier molecular flexibility index (Phi) is 5.31. The third-order valence-electron chi connectivity index (χ3n) is 3.72. The molecule has 0 atom stereocenters. The molecule has 0 fully saturated rings. The zero-order valence-electron chi connectivity index (χ0n) is 14.3. The molecule has 0 spiro atoms. The Morgan fingerprint density at radius 3 is 2.52 bits per heavy atom. The Bertz CT molecular complexity index is 891. The number of benzene rings is 2. The van der Waals surface area contributed by atoms with Crippen LogP contribution < -0.4 is 15.4 Å². The molecule has 6 heteroatoms. The van der Waals surface area contributed by atoms with Crippen molar-refractivity contribution in [1.82, 2.24) is 4.98 Å². The fourth-order valence-corrected chi connectivity index (χ4v) is 3.64. The Balaban J connectivity index is 1.76. The lowest BCUT2D eigenvalue weighted by molar-refractivity contribution is 0.412. The van der Waals surface area contributed by atoms with E-state index in [1.807, 2.05) is 49.4 Å². The molecular weight excluding hydrogens is 350 g/mol. The van der Waals surface area contributed by atoms with Gasteiger partial charge >= 0.3 is 0 Å². The van der Waals surface area contributed by atoms with Crippen molar-refractivity contribution in [3.8, 4) is 17.0 Å². The van der Waals surface area contributed by atoms with Crippen LogP contribution in [0.3, 0.4) is 0 Å². The van der Waals surface area contributed by atoms with Gasteiger partial charge in [0, 0.05) is 16.1 Å². The summed E-state index contributed by atoms with van der Waals surface area (Å²) in [6, 6.07) is 15.9. The molecule has 0 radical (unpaired) electrons. The zero-order valence-corrected chi connectivity index (χ0v) is 15.9. The molecule has 2 N–H and O–H groups in total. The lowest BCUT2D eigenvalue weighted by Gasteiger charge is -2.08. The lowest BCUT2D eigenvalue weighted by atomic mass is 10.1. The minimum Gasteiger partial charge on any atom is -0.496 e. The third kappa shape index (κ3) is 4.15. The van der Waals surface area contributed by atoms with Gasteiger partial charge in [-0.05, 0) is 62.0 Å². The second-order valence-electron chi connectivity index (χ2n) is 5.55. The van der Waals surface area contributed by atoms with E-state index in [2.05, 4.69) is 23.6 Å². The average molecular weight is 370 g/mol. The van der Waals surface area contributed by atoms with E-state index in [1.165, 1.54) is 0 Å². The summed E-state index contributed by atoms with van der Waals surface area (Å²) >= 11 is 6.95. The molecule has 2 aromatic carbocycles. The van der Waals surface area contributed by atoms with Crippen LogP contribution in [-0.2, 0) is 0 Å². The molecule has 4 nitrogen and oxygen atoms in total. The van der Waals surface area contributed by atoms with Gasteiger partial charge in [-0.25, -0.2) is 4.98 Å². The molecule has 0 bridgehead atoms. The van der Waals surface area contributed by atoms with E-state index < -0.39 is 0 Å². The molecule has 25 heavy (non-hydrogen) atoms. The summed E-state index contributed by atoms with van der Waals surface area (Å²) in [5.74, 6) is 0.878.